The summed E-state index contributed by atoms with van der Waals surface area (Å²) in [7, 11) is 2.45. The van der Waals surface area contributed by atoms with Crippen molar-refractivity contribution in [3.63, 3.8) is 0 Å². The van der Waals surface area contributed by atoms with Crippen LogP contribution >= 0.6 is 0 Å². The van der Waals surface area contributed by atoms with Crippen molar-refractivity contribution in [2.24, 2.45) is 5.92 Å². The zero-order valence-electron chi connectivity index (χ0n) is 15.5. The van der Waals surface area contributed by atoms with Crippen LogP contribution in [0.1, 0.15) is 25.8 Å². The number of hydrogen-bond acceptors (Lipinski definition) is 6. The summed E-state index contributed by atoms with van der Waals surface area (Å²) in [5, 5.41) is 4.92. The van der Waals surface area contributed by atoms with Gasteiger partial charge in [-0.3, -0.25) is 4.79 Å². The lowest BCUT2D eigenvalue weighted by Gasteiger charge is -2.22. The molecule has 1 aromatic carbocycles. The lowest BCUT2D eigenvalue weighted by molar-refractivity contribution is -0.157. The Morgan fingerprint density at radius 3 is 2.23 bits per heavy atom. The molecule has 0 bridgehead atoms. The molecule has 8 nitrogen and oxygen atoms in total. The lowest BCUT2D eigenvalue weighted by atomic mass is 10.0. The molecule has 0 spiro atoms. The lowest BCUT2D eigenvalue weighted by Crippen LogP contribution is -2.52. The monoisotopic (exact) mass is 366 g/mol. The fourth-order valence-corrected chi connectivity index (χ4v) is 2.16. The second-order valence-corrected chi connectivity index (χ2v) is 6.04. The summed E-state index contributed by atoms with van der Waals surface area (Å²) >= 11 is 0. The average molecular weight is 366 g/mol. The van der Waals surface area contributed by atoms with Gasteiger partial charge in [0, 0.05) is 7.11 Å². The van der Waals surface area contributed by atoms with E-state index in [0.29, 0.717) is 6.42 Å². The van der Waals surface area contributed by atoms with Gasteiger partial charge in [-0.1, -0.05) is 44.2 Å². The van der Waals surface area contributed by atoms with Crippen molar-refractivity contribution >= 4 is 18.0 Å². The molecule has 0 saturated carbocycles. The SMILES string of the molecule is COC(=O)C(NC(=O)[C@H](CC(C)C)NC(=O)OCc1ccccc1)OC. The van der Waals surface area contributed by atoms with Gasteiger partial charge >= 0.3 is 12.1 Å². The van der Waals surface area contributed by atoms with Crippen molar-refractivity contribution in [3.8, 4) is 0 Å². The van der Waals surface area contributed by atoms with Gasteiger partial charge in [0.15, 0.2) is 0 Å². The summed E-state index contributed by atoms with van der Waals surface area (Å²) in [6.45, 7) is 3.91. The second kappa shape index (κ2) is 11.1. The summed E-state index contributed by atoms with van der Waals surface area (Å²) in [5.41, 5.74) is 0.831. The third kappa shape index (κ3) is 7.52. The molecule has 1 rings (SSSR count). The Balaban J connectivity index is 2.65. The molecular weight excluding hydrogens is 340 g/mol. The molecule has 0 fully saturated rings. The van der Waals surface area contributed by atoms with Crippen LogP contribution in [0.2, 0.25) is 0 Å². The minimum Gasteiger partial charge on any atom is -0.466 e. The van der Waals surface area contributed by atoms with Crippen molar-refractivity contribution in [1.29, 1.82) is 0 Å². The Kier molecular flexibility index (Phi) is 9.14. The summed E-state index contributed by atoms with van der Waals surface area (Å²) in [6, 6.07) is 8.31. The van der Waals surface area contributed by atoms with Gasteiger partial charge in [0.2, 0.25) is 12.1 Å². The van der Waals surface area contributed by atoms with Crippen LogP contribution in [0.4, 0.5) is 4.79 Å². The number of alkyl carbamates (subject to hydrolysis) is 1. The number of ether oxygens (including phenoxy) is 3. The third-order valence-corrected chi connectivity index (χ3v) is 3.45. The first-order valence-corrected chi connectivity index (χ1v) is 8.25. The van der Waals surface area contributed by atoms with E-state index in [4.69, 9.17) is 9.47 Å². The summed E-state index contributed by atoms with van der Waals surface area (Å²) in [4.78, 5) is 36.0. The van der Waals surface area contributed by atoms with Gasteiger partial charge in [0.1, 0.15) is 12.6 Å². The highest BCUT2D eigenvalue weighted by Crippen LogP contribution is 2.07. The number of amides is 2. The molecule has 8 heteroatoms. The number of esters is 1. The highest BCUT2D eigenvalue weighted by Gasteiger charge is 2.28. The first-order valence-electron chi connectivity index (χ1n) is 8.25. The number of carbonyl (C=O) groups is 3. The molecule has 0 radical (unpaired) electrons. The predicted molar refractivity (Wildman–Crippen MR) is 94.0 cm³/mol. The van der Waals surface area contributed by atoms with Gasteiger partial charge < -0.3 is 24.8 Å². The highest BCUT2D eigenvalue weighted by molar-refractivity contribution is 5.89. The molecule has 0 aromatic heterocycles. The molecule has 0 heterocycles. The topological polar surface area (TPSA) is 103 Å². The molecule has 1 aromatic rings. The second-order valence-electron chi connectivity index (χ2n) is 6.04. The van der Waals surface area contributed by atoms with Crippen LogP contribution in [0.15, 0.2) is 30.3 Å². The van der Waals surface area contributed by atoms with E-state index < -0.39 is 30.2 Å². The number of nitrogens with one attached hydrogen (secondary N) is 2. The third-order valence-electron chi connectivity index (χ3n) is 3.45. The van der Waals surface area contributed by atoms with Crippen molar-refractivity contribution in [2.45, 2.75) is 39.1 Å². The van der Waals surface area contributed by atoms with Crippen LogP contribution in [0.3, 0.4) is 0 Å². The molecule has 1 unspecified atom stereocenters. The number of hydrogen-bond donors (Lipinski definition) is 2. The van der Waals surface area contributed by atoms with Gasteiger partial charge in [-0.15, -0.1) is 0 Å². The van der Waals surface area contributed by atoms with Crippen molar-refractivity contribution < 1.29 is 28.6 Å². The van der Waals surface area contributed by atoms with Gasteiger partial charge in [0.25, 0.3) is 0 Å². The number of rotatable bonds is 9. The average Bonchev–Trinajstić information content (AvgIpc) is 2.63. The Morgan fingerprint density at radius 2 is 1.69 bits per heavy atom. The number of carbonyl (C=O) groups excluding carboxylic acids is 3. The number of benzene rings is 1. The van der Waals surface area contributed by atoms with Gasteiger partial charge in [-0.25, -0.2) is 9.59 Å². The van der Waals surface area contributed by atoms with Gasteiger partial charge in [-0.2, -0.15) is 0 Å². The molecule has 2 atom stereocenters. The molecule has 0 aliphatic heterocycles. The summed E-state index contributed by atoms with van der Waals surface area (Å²) < 4.78 is 14.6. The predicted octanol–water partition coefficient (Wildman–Crippen LogP) is 1.59. The molecule has 26 heavy (non-hydrogen) atoms. The molecule has 0 aliphatic carbocycles. The van der Waals surface area contributed by atoms with E-state index >= 15 is 0 Å². The Bertz CT molecular complexity index is 591. The summed E-state index contributed by atoms with van der Waals surface area (Å²) in [5.74, 6) is -1.18. The molecule has 144 valence electrons. The fraction of sp³-hybridized carbons (Fsp3) is 0.500. The minimum absolute atomic E-state index is 0.0888. The van der Waals surface area contributed by atoms with E-state index in [9.17, 15) is 14.4 Å². The van der Waals surface area contributed by atoms with E-state index in [1.165, 1.54) is 14.2 Å². The highest BCUT2D eigenvalue weighted by atomic mass is 16.6. The van der Waals surface area contributed by atoms with Crippen LogP contribution in [0.5, 0.6) is 0 Å². The largest absolute Gasteiger partial charge is 0.466 e. The van der Waals surface area contributed by atoms with Crippen LogP contribution in [0.25, 0.3) is 0 Å². The van der Waals surface area contributed by atoms with Crippen molar-refractivity contribution in [2.75, 3.05) is 14.2 Å². The summed E-state index contributed by atoms with van der Waals surface area (Å²) in [6.07, 6.45) is -1.60. The van der Waals surface area contributed by atoms with Crippen LogP contribution in [-0.4, -0.2) is 44.5 Å². The Labute approximate surface area is 153 Å². The molecular formula is C18H26N2O6. The minimum atomic E-state index is -1.25. The fourth-order valence-electron chi connectivity index (χ4n) is 2.16. The maximum Gasteiger partial charge on any atom is 0.408 e. The smallest absolute Gasteiger partial charge is 0.408 e. The van der Waals surface area contributed by atoms with E-state index in [1.54, 1.807) is 0 Å². The molecule has 2 amide bonds. The normalized spacial score (nSPS) is 12.8. The van der Waals surface area contributed by atoms with Crippen LogP contribution < -0.4 is 10.6 Å². The van der Waals surface area contributed by atoms with E-state index in [1.807, 2.05) is 44.2 Å². The molecule has 0 aliphatic rings. The van der Waals surface area contributed by atoms with E-state index in [2.05, 4.69) is 15.4 Å². The van der Waals surface area contributed by atoms with E-state index in [0.717, 1.165) is 5.56 Å². The molecule has 2 N–H and O–H groups in total. The van der Waals surface area contributed by atoms with Crippen molar-refractivity contribution in [1.82, 2.24) is 10.6 Å². The first-order chi connectivity index (χ1) is 12.4. The van der Waals surface area contributed by atoms with Crippen LogP contribution in [0, 0.1) is 5.92 Å². The zero-order chi connectivity index (χ0) is 19.5. The Morgan fingerprint density at radius 1 is 1.04 bits per heavy atom. The van der Waals surface area contributed by atoms with Gasteiger partial charge in [0.05, 0.1) is 7.11 Å². The zero-order valence-corrected chi connectivity index (χ0v) is 15.5. The van der Waals surface area contributed by atoms with Crippen molar-refractivity contribution in [3.05, 3.63) is 35.9 Å². The standard InChI is InChI=1S/C18H26N2O6/c1-12(2)10-14(15(21)20-16(24-3)17(22)25-4)19-18(23)26-11-13-8-6-5-7-9-13/h5-9,12,14,16H,10-11H2,1-4H3,(H,19,23)(H,20,21)/t14-,16?/m0/s1. The molecule has 0 saturated heterocycles. The van der Waals surface area contributed by atoms with Crippen LogP contribution in [-0.2, 0) is 30.4 Å². The van der Waals surface area contributed by atoms with Gasteiger partial charge in [-0.05, 0) is 17.9 Å². The number of methoxy groups -OCH3 is 2. The maximum absolute atomic E-state index is 12.4. The van der Waals surface area contributed by atoms with E-state index in [-0.39, 0.29) is 12.5 Å². The quantitative estimate of drug-likeness (QED) is 0.508. The Hall–Kier alpha value is -2.61. The maximum atomic E-state index is 12.4. The first kappa shape index (κ1) is 21.4.